The van der Waals surface area contributed by atoms with E-state index in [9.17, 15) is 5.11 Å². The van der Waals surface area contributed by atoms with Gasteiger partial charge in [-0.05, 0) is 87.2 Å². The van der Waals surface area contributed by atoms with E-state index in [2.05, 4.69) is 174 Å². The van der Waals surface area contributed by atoms with Crippen molar-refractivity contribution in [1.82, 2.24) is 14.5 Å². The summed E-state index contributed by atoms with van der Waals surface area (Å²) in [5.41, 5.74) is 14.7. The minimum absolute atomic E-state index is 0.183. The van der Waals surface area contributed by atoms with Gasteiger partial charge in [-0.2, -0.15) is 0 Å². The number of hydrogen-bond donors (Lipinski definition) is 1. The van der Waals surface area contributed by atoms with Crippen LogP contribution in [0.3, 0.4) is 0 Å². The lowest BCUT2D eigenvalue weighted by Gasteiger charge is -2.27. The van der Waals surface area contributed by atoms with Gasteiger partial charge < -0.3 is 9.52 Å². The predicted octanol–water partition coefficient (Wildman–Crippen LogP) is 15.0. The Morgan fingerprint density at radius 1 is 0.525 bits per heavy atom. The van der Waals surface area contributed by atoms with Crippen molar-refractivity contribution in [2.45, 2.75) is 52.4 Å². The fraction of sp³-hybridized carbons (Fsp3) is 0.143. The zero-order valence-electron chi connectivity index (χ0n) is 35.4. The van der Waals surface area contributed by atoms with Crippen LogP contribution in [0.2, 0.25) is 0 Å². The average molecular weight is 794 g/mol. The second-order valence-corrected chi connectivity index (χ2v) is 18.0. The Morgan fingerprint density at radius 2 is 1.18 bits per heavy atom. The second kappa shape index (κ2) is 14.5. The highest BCUT2D eigenvalue weighted by Crippen LogP contribution is 2.46. The van der Waals surface area contributed by atoms with Gasteiger partial charge in [0.2, 0.25) is 0 Å². The van der Waals surface area contributed by atoms with E-state index in [1.807, 2.05) is 42.6 Å². The molecule has 5 heteroatoms. The molecule has 0 spiro atoms. The Bertz CT molecular complexity index is 3270. The van der Waals surface area contributed by atoms with Crippen molar-refractivity contribution in [1.29, 1.82) is 0 Å². The van der Waals surface area contributed by atoms with Crippen LogP contribution in [-0.4, -0.2) is 19.6 Å². The van der Waals surface area contributed by atoms with Crippen molar-refractivity contribution in [2.24, 2.45) is 0 Å². The third-order valence-electron chi connectivity index (χ3n) is 11.9. The molecule has 3 aromatic heterocycles. The van der Waals surface area contributed by atoms with E-state index in [1.54, 1.807) is 0 Å². The van der Waals surface area contributed by atoms with Gasteiger partial charge >= 0.3 is 0 Å². The molecular weight excluding hydrogens is 747 g/mol. The van der Waals surface area contributed by atoms with Gasteiger partial charge in [0.15, 0.2) is 0 Å². The van der Waals surface area contributed by atoms with Crippen molar-refractivity contribution in [2.75, 3.05) is 0 Å². The van der Waals surface area contributed by atoms with Crippen LogP contribution >= 0.6 is 0 Å². The number of phenolic OH excluding ortho intramolecular Hbond substituents is 1. The number of nitrogens with zero attached hydrogens (tertiary/aromatic N) is 3. The van der Waals surface area contributed by atoms with Gasteiger partial charge in [0.25, 0.3) is 0 Å². The lowest BCUT2D eigenvalue weighted by atomic mass is 9.79. The molecule has 10 rings (SSSR count). The highest BCUT2D eigenvalue weighted by molar-refractivity contribution is 6.12. The Hall–Kier alpha value is -7.24. The summed E-state index contributed by atoms with van der Waals surface area (Å²) in [6.07, 6.45) is 1.83. The number of para-hydroxylation sites is 3. The average Bonchev–Trinajstić information content (AvgIpc) is 3.85. The normalized spacial score (nSPS) is 12.2. The molecule has 0 radical (unpaired) electrons. The fourth-order valence-electron chi connectivity index (χ4n) is 8.70. The molecule has 0 saturated carbocycles. The molecule has 10 aromatic rings. The van der Waals surface area contributed by atoms with Crippen LogP contribution in [0.4, 0.5) is 0 Å². The summed E-state index contributed by atoms with van der Waals surface area (Å²) in [6.45, 7) is 13.1. The number of furan rings is 1. The molecule has 0 unspecified atom stereocenters. The van der Waals surface area contributed by atoms with Crippen molar-refractivity contribution >= 4 is 33.0 Å². The number of pyridine rings is 1. The molecule has 0 bridgehead atoms. The van der Waals surface area contributed by atoms with Crippen molar-refractivity contribution < 1.29 is 9.52 Å². The van der Waals surface area contributed by atoms with Crippen molar-refractivity contribution in [3.8, 4) is 67.5 Å². The van der Waals surface area contributed by atoms with Gasteiger partial charge in [-0.3, -0.25) is 9.55 Å². The molecular formula is C56H47N3O2. The molecule has 0 fully saturated rings. The Labute approximate surface area is 356 Å². The van der Waals surface area contributed by atoms with E-state index in [4.69, 9.17) is 14.4 Å². The Morgan fingerprint density at radius 3 is 1.93 bits per heavy atom. The van der Waals surface area contributed by atoms with Gasteiger partial charge in [0.1, 0.15) is 22.7 Å². The van der Waals surface area contributed by atoms with Gasteiger partial charge in [-0.15, -0.1) is 0 Å². The Balaban J connectivity index is 1.30. The summed E-state index contributed by atoms with van der Waals surface area (Å²) in [5, 5.41) is 14.5. The van der Waals surface area contributed by atoms with Crippen LogP contribution in [0.1, 0.15) is 52.7 Å². The molecule has 61 heavy (non-hydrogen) atoms. The van der Waals surface area contributed by atoms with Crippen LogP contribution in [0, 0.1) is 0 Å². The van der Waals surface area contributed by atoms with Crippen LogP contribution in [0.25, 0.3) is 94.7 Å². The third-order valence-corrected chi connectivity index (χ3v) is 11.9. The first-order chi connectivity index (χ1) is 29.4. The first-order valence-corrected chi connectivity index (χ1v) is 21.0. The summed E-state index contributed by atoms with van der Waals surface area (Å²) in [6, 6.07) is 57.0. The zero-order valence-corrected chi connectivity index (χ0v) is 35.4. The number of hydrogen-bond acceptors (Lipinski definition) is 4. The van der Waals surface area contributed by atoms with Crippen molar-refractivity contribution in [3.05, 3.63) is 181 Å². The molecule has 1 N–H and O–H groups in total. The zero-order chi connectivity index (χ0) is 42.0. The quantitative estimate of drug-likeness (QED) is 0.182. The summed E-state index contributed by atoms with van der Waals surface area (Å²) in [7, 11) is 0. The maximum absolute atomic E-state index is 12.4. The van der Waals surface area contributed by atoms with E-state index in [0.717, 1.165) is 94.4 Å². The largest absolute Gasteiger partial charge is 0.507 e. The van der Waals surface area contributed by atoms with Crippen LogP contribution in [-0.2, 0) is 10.8 Å². The molecule has 3 heterocycles. The van der Waals surface area contributed by atoms with Crippen LogP contribution in [0.5, 0.6) is 5.75 Å². The van der Waals surface area contributed by atoms with Crippen LogP contribution in [0.15, 0.2) is 174 Å². The van der Waals surface area contributed by atoms with Gasteiger partial charge in [-0.25, -0.2) is 4.98 Å². The lowest BCUT2D eigenvalue weighted by Crippen LogP contribution is -2.17. The summed E-state index contributed by atoms with van der Waals surface area (Å²) >= 11 is 0. The highest BCUT2D eigenvalue weighted by Gasteiger charge is 2.29. The first-order valence-electron chi connectivity index (χ1n) is 21.0. The Kier molecular flexibility index (Phi) is 9.03. The molecule has 0 aliphatic heterocycles. The minimum atomic E-state index is -0.324. The predicted molar refractivity (Wildman–Crippen MR) is 252 cm³/mol. The number of aromatic hydroxyl groups is 1. The first kappa shape index (κ1) is 38.0. The molecule has 0 atom stereocenters. The topological polar surface area (TPSA) is 64.1 Å². The number of benzene rings is 7. The lowest BCUT2D eigenvalue weighted by molar-refractivity contribution is 0.446. The van der Waals surface area contributed by atoms with E-state index < -0.39 is 0 Å². The maximum atomic E-state index is 12.4. The summed E-state index contributed by atoms with van der Waals surface area (Å²) in [4.78, 5) is 10.7. The van der Waals surface area contributed by atoms with Crippen molar-refractivity contribution in [3.63, 3.8) is 0 Å². The SMILES string of the molecule is CC(C)(C)c1cc(-c2nc3c(-c4cc(-c5ccccc5)cc(-c5nccc6oc7ccccc7c56)c4)cccc3n2-c2ccccc2-c2ccccc2)c(O)c(C(C)(C)C)c1. The van der Waals surface area contributed by atoms with E-state index >= 15 is 0 Å². The van der Waals surface area contributed by atoms with E-state index in [1.165, 1.54) is 0 Å². The fourth-order valence-corrected chi connectivity index (χ4v) is 8.70. The summed E-state index contributed by atoms with van der Waals surface area (Å²) < 4.78 is 8.59. The molecule has 0 saturated heterocycles. The van der Waals surface area contributed by atoms with E-state index in [0.29, 0.717) is 11.4 Å². The number of fused-ring (bicyclic) bond motifs is 4. The number of aromatic nitrogens is 3. The molecule has 298 valence electrons. The smallest absolute Gasteiger partial charge is 0.149 e. The number of phenols is 1. The van der Waals surface area contributed by atoms with Gasteiger partial charge in [-0.1, -0.05) is 157 Å². The minimum Gasteiger partial charge on any atom is -0.507 e. The second-order valence-electron chi connectivity index (χ2n) is 18.0. The molecule has 7 aromatic carbocycles. The van der Waals surface area contributed by atoms with Gasteiger partial charge in [0.05, 0.1) is 33.4 Å². The van der Waals surface area contributed by atoms with Crippen LogP contribution < -0.4 is 0 Å². The molecule has 5 nitrogen and oxygen atoms in total. The monoisotopic (exact) mass is 793 g/mol. The summed E-state index contributed by atoms with van der Waals surface area (Å²) in [5.74, 6) is 0.923. The standard InChI is InChI=1S/C56H47N3O2/c1-55(2,3)40-33-44(53(60)45(34-40)56(4,5)6)54-58-52-42(24-17-26-47(52)59(54)46-25-15-13-22-41(46)36-20-11-8-12-21-36)38-30-37(35-18-9-7-10-19-35)31-39(32-38)51-50-43-23-14-16-27-48(43)61-49(50)28-29-57-51/h7-34,60H,1-6H3. The molecule has 0 amide bonds. The number of imidazole rings is 1. The maximum Gasteiger partial charge on any atom is 0.149 e. The highest BCUT2D eigenvalue weighted by atomic mass is 16.3. The van der Waals surface area contributed by atoms with E-state index in [-0.39, 0.29) is 16.6 Å². The molecule has 0 aliphatic carbocycles. The third kappa shape index (κ3) is 6.67. The van der Waals surface area contributed by atoms with Gasteiger partial charge in [0, 0.05) is 33.8 Å². The molecule has 0 aliphatic rings. The number of rotatable bonds is 6.